The second-order valence-corrected chi connectivity index (χ2v) is 1.97. The summed E-state index contributed by atoms with van der Waals surface area (Å²) in [6.07, 6.45) is 1.52. The van der Waals surface area contributed by atoms with Crippen LogP contribution in [0.5, 0.6) is 0 Å². The van der Waals surface area contributed by atoms with Crippen molar-refractivity contribution in [3.05, 3.63) is 40.3 Å². The van der Waals surface area contributed by atoms with Crippen molar-refractivity contribution in [3.63, 3.8) is 0 Å². The monoisotopic (exact) mass is 146 g/mol. The normalized spacial score (nSPS) is 8.64. The Bertz CT molecular complexity index is 370. The number of pyridine rings is 1. The van der Waals surface area contributed by atoms with Gasteiger partial charge in [0.25, 0.3) is 5.56 Å². The molecular formula is C8H6N2O. The quantitative estimate of drug-likeness (QED) is 0.639. The molecule has 0 radical (unpaired) electrons. The van der Waals surface area contributed by atoms with Gasteiger partial charge >= 0.3 is 0 Å². The number of aromatic nitrogens is 1. The molecule has 0 atom stereocenters. The van der Waals surface area contributed by atoms with Gasteiger partial charge in [0.15, 0.2) is 0 Å². The summed E-state index contributed by atoms with van der Waals surface area (Å²) in [4.78, 5) is 13.4. The second-order valence-electron chi connectivity index (χ2n) is 1.97. The smallest absolute Gasteiger partial charge is 0.266 e. The lowest BCUT2D eigenvalue weighted by Gasteiger charge is -1.90. The van der Waals surface area contributed by atoms with Crippen molar-refractivity contribution in [3.8, 4) is 6.07 Å². The van der Waals surface area contributed by atoms with E-state index in [1.807, 2.05) is 0 Å². The molecule has 1 rings (SSSR count). The topological polar surface area (TPSA) is 56.6 Å². The third-order valence-electron chi connectivity index (χ3n) is 1.27. The van der Waals surface area contributed by atoms with Crippen LogP contribution >= 0.6 is 0 Å². The van der Waals surface area contributed by atoms with Gasteiger partial charge in [0.1, 0.15) is 11.6 Å². The molecule has 0 unspecified atom stereocenters. The van der Waals surface area contributed by atoms with Gasteiger partial charge in [-0.2, -0.15) is 5.26 Å². The maximum absolute atomic E-state index is 10.9. The average molecular weight is 146 g/mol. The first-order valence-corrected chi connectivity index (χ1v) is 3.04. The number of nitriles is 1. The summed E-state index contributed by atoms with van der Waals surface area (Å²) in [7, 11) is 0. The minimum Gasteiger partial charge on any atom is -0.321 e. The van der Waals surface area contributed by atoms with Gasteiger partial charge < -0.3 is 4.98 Å². The van der Waals surface area contributed by atoms with Crippen LogP contribution in [0.15, 0.2) is 23.5 Å². The fourth-order valence-corrected chi connectivity index (χ4v) is 0.696. The summed E-state index contributed by atoms with van der Waals surface area (Å²) in [5, 5.41) is 8.39. The Balaban J connectivity index is 3.34. The number of hydrogen-bond acceptors (Lipinski definition) is 2. The van der Waals surface area contributed by atoms with Crippen LogP contribution in [0.2, 0.25) is 0 Å². The van der Waals surface area contributed by atoms with Crippen molar-refractivity contribution in [1.82, 2.24) is 4.98 Å². The van der Waals surface area contributed by atoms with Crippen LogP contribution in [0.1, 0.15) is 11.3 Å². The molecule has 3 nitrogen and oxygen atoms in total. The zero-order chi connectivity index (χ0) is 8.27. The standard InChI is InChI=1S/C8H6N2O/c1-2-7-4-3-6(5-9)8(11)10-7/h2-4H,1H2,(H,10,11). The van der Waals surface area contributed by atoms with E-state index in [-0.39, 0.29) is 11.1 Å². The first kappa shape index (κ1) is 7.29. The van der Waals surface area contributed by atoms with E-state index in [1.54, 1.807) is 12.1 Å². The van der Waals surface area contributed by atoms with Gasteiger partial charge in [0.2, 0.25) is 0 Å². The number of aromatic amines is 1. The van der Waals surface area contributed by atoms with Gasteiger partial charge in [-0.3, -0.25) is 4.79 Å². The van der Waals surface area contributed by atoms with Gasteiger partial charge in [-0.05, 0) is 18.2 Å². The molecule has 0 aliphatic rings. The van der Waals surface area contributed by atoms with Crippen LogP contribution in [0.25, 0.3) is 6.08 Å². The Kier molecular flexibility index (Phi) is 1.88. The molecule has 1 aromatic rings. The minimum atomic E-state index is -0.370. The molecule has 0 aromatic carbocycles. The number of H-pyrrole nitrogens is 1. The predicted molar refractivity (Wildman–Crippen MR) is 41.9 cm³/mol. The lowest BCUT2D eigenvalue weighted by atomic mass is 10.2. The van der Waals surface area contributed by atoms with Crippen molar-refractivity contribution in [2.24, 2.45) is 0 Å². The van der Waals surface area contributed by atoms with Crippen LogP contribution in [-0.2, 0) is 0 Å². The third-order valence-corrected chi connectivity index (χ3v) is 1.27. The van der Waals surface area contributed by atoms with E-state index in [0.717, 1.165) is 0 Å². The lowest BCUT2D eigenvalue weighted by molar-refractivity contribution is 1.19. The molecule has 0 aliphatic carbocycles. The van der Waals surface area contributed by atoms with Gasteiger partial charge in [0, 0.05) is 5.69 Å². The van der Waals surface area contributed by atoms with Gasteiger partial charge in [-0.1, -0.05) is 6.58 Å². The molecule has 0 saturated heterocycles. The maximum Gasteiger partial charge on any atom is 0.266 e. The van der Waals surface area contributed by atoms with Crippen LogP contribution in [0.4, 0.5) is 0 Å². The molecule has 0 spiro atoms. The second kappa shape index (κ2) is 2.84. The fraction of sp³-hybridized carbons (Fsp3) is 0. The highest BCUT2D eigenvalue weighted by molar-refractivity contribution is 5.42. The van der Waals surface area contributed by atoms with Crippen LogP contribution in [0.3, 0.4) is 0 Å². The molecule has 0 bridgehead atoms. The Morgan fingerprint density at radius 2 is 2.36 bits per heavy atom. The Labute approximate surface area is 63.6 Å². The van der Waals surface area contributed by atoms with E-state index in [9.17, 15) is 4.79 Å². The van der Waals surface area contributed by atoms with Crippen molar-refractivity contribution in [1.29, 1.82) is 5.26 Å². The van der Waals surface area contributed by atoms with E-state index >= 15 is 0 Å². The largest absolute Gasteiger partial charge is 0.321 e. The van der Waals surface area contributed by atoms with Crippen LogP contribution < -0.4 is 5.56 Å². The number of hydrogen-bond donors (Lipinski definition) is 1. The van der Waals surface area contributed by atoms with Crippen molar-refractivity contribution in [2.75, 3.05) is 0 Å². The average Bonchev–Trinajstić information content (AvgIpc) is 2.04. The van der Waals surface area contributed by atoms with E-state index in [2.05, 4.69) is 11.6 Å². The van der Waals surface area contributed by atoms with Crippen molar-refractivity contribution in [2.45, 2.75) is 0 Å². The van der Waals surface area contributed by atoms with E-state index in [0.29, 0.717) is 5.69 Å². The molecule has 1 heterocycles. The molecule has 11 heavy (non-hydrogen) atoms. The first-order chi connectivity index (χ1) is 5.27. The van der Waals surface area contributed by atoms with Crippen LogP contribution in [0, 0.1) is 11.3 Å². The Morgan fingerprint density at radius 3 is 2.82 bits per heavy atom. The van der Waals surface area contributed by atoms with Gasteiger partial charge in [0.05, 0.1) is 0 Å². The molecule has 1 aromatic heterocycles. The Hall–Kier alpha value is -1.82. The summed E-state index contributed by atoms with van der Waals surface area (Å²) < 4.78 is 0. The molecule has 0 aliphatic heterocycles. The molecular weight excluding hydrogens is 140 g/mol. The lowest BCUT2D eigenvalue weighted by Crippen LogP contribution is -2.09. The molecule has 0 amide bonds. The zero-order valence-electron chi connectivity index (χ0n) is 5.79. The summed E-state index contributed by atoms with van der Waals surface area (Å²) in [5.41, 5.74) is 0.370. The maximum atomic E-state index is 10.9. The van der Waals surface area contributed by atoms with Crippen molar-refractivity contribution < 1.29 is 0 Å². The van der Waals surface area contributed by atoms with Gasteiger partial charge in [-0.25, -0.2) is 0 Å². The summed E-state index contributed by atoms with van der Waals surface area (Å²) in [5.74, 6) is 0. The number of rotatable bonds is 1. The summed E-state index contributed by atoms with van der Waals surface area (Å²) in [6, 6.07) is 4.87. The van der Waals surface area contributed by atoms with E-state index in [1.165, 1.54) is 12.1 Å². The Morgan fingerprint density at radius 1 is 1.64 bits per heavy atom. The highest BCUT2D eigenvalue weighted by Crippen LogP contribution is 1.93. The van der Waals surface area contributed by atoms with Crippen LogP contribution in [-0.4, -0.2) is 4.98 Å². The van der Waals surface area contributed by atoms with Crippen molar-refractivity contribution >= 4 is 6.08 Å². The SMILES string of the molecule is C=Cc1ccc(C#N)c(=O)[nH]1. The minimum absolute atomic E-state index is 0.121. The first-order valence-electron chi connectivity index (χ1n) is 3.04. The molecule has 0 fully saturated rings. The third kappa shape index (κ3) is 1.36. The zero-order valence-corrected chi connectivity index (χ0v) is 5.79. The van der Waals surface area contributed by atoms with E-state index in [4.69, 9.17) is 5.26 Å². The molecule has 54 valence electrons. The highest BCUT2D eigenvalue weighted by Gasteiger charge is 1.95. The van der Waals surface area contributed by atoms with E-state index < -0.39 is 0 Å². The molecule has 0 saturated carbocycles. The predicted octanol–water partition coefficient (Wildman–Crippen LogP) is 0.890. The molecule has 3 heteroatoms. The number of nitrogens with zero attached hydrogens (tertiary/aromatic N) is 1. The van der Waals surface area contributed by atoms with Gasteiger partial charge in [-0.15, -0.1) is 0 Å². The molecule has 1 N–H and O–H groups in total. The fourth-order valence-electron chi connectivity index (χ4n) is 0.696. The summed E-state index contributed by atoms with van der Waals surface area (Å²) in [6.45, 7) is 3.47. The highest BCUT2D eigenvalue weighted by atomic mass is 16.1. The summed E-state index contributed by atoms with van der Waals surface area (Å²) >= 11 is 0. The number of nitrogens with one attached hydrogen (secondary N) is 1.